The van der Waals surface area contributed by atoms with Crippen molar-refractivity contribution in [2.24, 2.45) is 7.05 Å². The van der Waals surface area contributed by atoms with Crippen LogP contribution in [0.4, 0.5) is 11.5 Å². The SMILES string of the molecule is Cc1c(N)cccc1CNc1ncnc2c1cnn2C. The van der Waals surface area contributed by atoms with Gasteiger partial charge < -0.3 is 11.1 Å². The maximum absolute atomic E-state index is 5.92. The van der Waals surface area contributed by atoms with Crippen molar-refractivity contribution in [3.8, 4) is 0 Å². The van der Waals surface area contributed by atoms with Crippen molar-refractivity contribution in [2.75, 3.05) is 11.1 Å². The zero-order valence-corrected chi connectivity index (χ0v) is 11.5. The highest BCUT2D eigenvalue weighted by atomic mass is 15.3. The summed E-state index contributed by atoms with van der Waals surface area (Å²) in [6.45, 7) is 2.68. The van der Waals surface area contributed by atoms with E-state index in [2.05, 4.69) is 26.4 Å². The quantitative estimate of drug-likeness (QED) is 0.709. The Morgan fingerprint density at radius 2 is 2.15 bits per heavy atom. The van der Waals surface area contributed by atoms with Crippen LogP contribution < -0.4 is 11.1 Å². The summed E-state index contributed by atoms with van der Waals surface area (Å²) in [6, 6.07) is 5.92. The second-order valence-corrected chi connectivity index (χ2v) is 4.71. The van der Waals surface area contributed by atoms with E-state index in [9.17, 15) is 0 Å². The summed E-state index contributed by atoms with van der Waals surface area (Å²) < 4.78 is 1.73. The number of nitrogens with one attached hydrogen (secondary N) is 1. The van der Waals surface area contributed by atoms with Gasteiger partial charge in [0.05, 0.1) is 11.6 Å². The molecule has 20 heavy (non-hydrogen) atoms. The average molecular weight is 268 g/mol. The molecule has 102 valence electrons. The first kappa shape index (κ1) is 12.4. The van der Waals surface area contributed by atoms with Gasteiger partial charge in [-0.1, -0.05) is 12.1 Å². The van der Waals surface area contributed by atoms with Crippen LogP contribution in [0.25, 0.3) is 11.0 Å². The second-order valence-electron chi connectivity index (χ2n) is 4.71. The van der Waals surface area contributed by atoms with E-state index in [1.54, 1.807) is 17.2 Å². The van der Waals surface area contributed by atoms with Gasteiger partial charge in [-0.2, -0.15) is 5.10 Å². The highest BCUT2D eigenvalue weighted by Gasteiger charge is 2.08. The van der Waals surface area contributed by atoms with Crippen LogP contribution in [0.3, 0.4) is 0 Å². The third-order valence-electron chi connectivity index (χ3n) is 3.46. The number of rotatable bonds is 3. The molecule has 1 aromatic carbocycles. The maximum atomic E-state index is 5.92. The van der Waals surface area contributed by atoms with Gasteiger partial charge in [0.15, 0.2) is 5.65 Å². The van der Waals surface area contributed by atoms with Crippen LogP contribution in [0, 0.1) is 6.92 Å². The number of anilines is 2. The lowest BCUT2D eigenvalue weighted by Crippen LogP contribution is -2.05. The zero-order valence-electron chi connectivity index (χ0n) is 11.5. The van der Waals surface area contributed by atoms with E-state index in [0.29, 0.717) is 6.54 Å². The molecule has 0 aliphatic heterocycles. The summed E-state index contributed by atoms with van der Waals surface area (Å²) in [7, 11) is 1.86. The van der Waals surface area contributed by atoms with Gasteiger partial charge in [0.2, 0.25) is 0 Å². The molecule has 0 atom stereocenters. The van der Waals surface area contributed by atoms with E-state index in [1.807, 2.05) is 26.1 Å². The molecule has 0 spiro atoms. The minimum absolute atomic E-state index is 0.665. The average Bonchev–Trinajstić information content (AvgIpc) is 2.83. The fourth-order valence-corrected chi connectivity index (χ4v) is 2.18. The lowest BCUT2D eigenvalue weighted by Gasteiger charge is -2.10. The largest absolute Gasteiger partial charge is 0.399 e. The molecule has 3 rings (SSSR count). The Kier molecular flexibility index (Phi) is 2.98. The molecular formula is C14H16N6. The van der Waals surface area contributed by atoms with Crippen molar-refractivity contribution in [2.45, 2.75) is 13.5 Å². The summed E-state index contributed by atoms with van der Waals surface area (Å²) in [5, 5.41) is 8.44. The Labute approximate surface area is 116 Å². The van der Waals surface area contributed by atoms with Crippen LogP contribution in [-0.2, 0) is 13.6 Å². The number of fused-ring (bicyclic) bond motifs is 1. The standard InChI is InChI=1S/C14H16N6/c1-9-10(4-3-5-12(9)15)6-16-13-11-7-19-20(2)14(11)18-8-17-13/h3-5,7-8H,6,15H2,1-2H3,(H,16,17,18). The van der Waals surface area contributed by atoms with E-state index in [-0.39, 0.29) is 0 Å². The third kappa shape index (κ3) is 2.05. The number of nitrogen functional groups attached to an aromatic ring is 1. The van der Waals surface area contributed by atoms with E-state index in [0.717, 1.165) is 33.7 Å². The zero-order chi connectivity index (χ0) is 14.1. The molecule has 0 aliphatic rings. The molecule has 3 N–H and O–H groups in total. The molecule has 0 radical (unpaired) electrons. The monoisotopic (exact) mass is 268 g/mol. The molecule has 3 aromatic rings. The normalized spacial score (nSPS) is 10.9. The molecule has 0 bridgehead atoms. The highest BCUT2D eigenvalue weighted by molar-refractivity contribution is 5.85. The maximum Gasteiger partial charge on any atom is 0.163 e. The van der Waals surface area contributed by atoms with E-state index >= 15 is 0 Å². The van der Waals surface area contributed by atoms with Gasteiger partial charge in [-0.15, -0.1) is 0 Å². The van der Waals surface area contributed by atoms with Gasteiger partial charge in [0.1, 0.15) is 12.1 Å². The molecule has 6 nitrogen and oxygen atoms in total. The molecule has 6 heteroatoms. The number of nitrogens with two attached hydrogens (primary N) is 1. The molecule has 0 saturated heterocycles. The van der Waals surface area contributed by atoms with Gasteiger partial charge in [0, 0.05) is 19.3 Å². The van der Waals surface area contributed by atoms with Crippen LogP contribution in [0.2, 0.25) is 0 Å². The van der Waals surface area contributed by atoms with Crippen LogP contribution in [-0.4, -0.2) is 19.7 Å². The topological polar surface area (TPSA) is 81.7 Å². The Hall–Kier alpha value is -2.63. The van der Waals surface area contributed by atoms with E-state index in [1.165, 1.54) is 0 Å². The fraction of sp³-hybridized carbons (Fsp3) is 0.214. The summed E-state index contributed by atoms with van der Waals surface area (Å²) >= 11 is 0. The summed E-state index contributed by atoms with van der Waals surface area (Å²) in [4.78, 5) is 8.50. The molecule has 0 unspecified atom stereocenters. The Balaban J connectivity index is 1.89. The lowest BCUT2D eigenvalue weighted by atomic mass is 10.1. The van der Waals surface area contributed by atoms with E-state index < -0.39 is 0 Å². The van der Waals surface area contributed by atoms with Crippen molar-refractivity contribution in [1.29, 1.82) is 0 Å². The summed E-state index contributed by atoms with van der Waals surface area (Å²) in [6.07, 6.45) is 3.31. The second kappa shape index (κ2) is 4.80. The minimum Gasteiger partial charge on any atom is -0.399 e. The van der Waals surface area contributed by atoms with Crippen molar-refractivity contribution in [3.05, 3.63) is 41.9 Å². The summed E-state index contributed by atoms with van der Waals surface area (Å²) in [5.74, 6) is 0.782. The Morgan fingerprint density at radius 3 is 3.00 bits per heavy atom. The minimum atomic E-state index is 0.665. The molecule has 0 aliphatic carbocycles. The molecule has 2 aromatic heterocycles. The number of benzene rings is 1. The number of aryl methyl sites for hydroxylation is 1. The number of hydrogen-bond donors (Lipinski definition) is 2. The van der Waals surface area contributed by atoms with Gasteiger partial charge in [-0.3, -0.25) is 4.68 Å². The summed E-state index contributed by atoms with van der Waals surface area (Å²) in [5.41, 5.74) is 9.78. The van der Waals surface area contributed by atoms with Gasteiger partial charge in [-0.25, -0.2) is 9.97 Å². The van der Waals surface area contributed by atoms with Crippen LogP contribution in [0.15, 0.2) is 30.7 Å². The van der Waals surface area contributed by atoms with Crippen LogP contribution in [0.1, 0.15) is 11.1 Å². The van der Waals surface area contributed by atoms with E-state index in [4.69, 9.17) is 5.73 Å². The van der Waals surface area contributed by atoms with Crippen LogP contribution >= 0.6 is 0 Å². The predicted octanol–water partition coefficient (Wildman–Crippen LogP) is 1.87. The van der Waals surface area contributed by atoms with Gasteiger partial charge in [-0.05, 0) is 24.1 Å². The first-order valence-electron chi connectivity index (χ1n) is 6.37. The van der Waals surface area contributed by atoms with Crippen molar-refractivity contribution in [3.63, 3.8) is 0 Å². The molecule has 0 fully saturated rings. The van der Waals surface area contributed by atoms with Crippen LogP contribution in [0.5, 0.6) is 0 Å². The van der Waals surface area contributed by atoms with Crippen molar-refractivity contribution >= 4 is 22.5 Å². The van der Waals surface area contributed by atoms with Gasteiger partial charge in [0.25, 0.3) is 0 Å². The fourth-order valence-electron chi connectivity index (χ4n) is 2.18. The first-order chi connectivity index (χ1) is 9.66. The molecular weight excluding hydrogens is 252 g/mol. The molecule has 0 amide bonds. The number of nitrogens with zero attached hydrogens (tertiary/aromatic N) is 4. The van der Waals surface area contributed by atoms with Crippen molar-refractivity contribution in [1.82, 2.24) is 19.7 Å². The number of aromatic nitrogens is 4. The smallest absolute Gasteiger partial charge is 0.163 e. The predicted molar refractivity (Wildman–Crippen MR) is 79.2 cm³/mol. The highest BCUT2D eigenvalue weighted by Crippen LogP contribution is 2.20. The lowest BCUT2D eigenvalue weighted by molar-refractivity contribution is 0.785. The third-order valence-corrected chi connectivity index (χ3v) is 3.46. The van der Waals surface area contributed by atoms with Gasteiger partial charge >= 0.3 is 0 Å². The molecule has 2 heterocycles. The number of hydrogen-bond acceptors (Lipinski definition) is 5. The Bertz CT molecular complexity index is 761. The first-order valence-corrected chi connectivity index (χ1v) is 6.37. The Morgan fingerprint density at radius 1 is 1.30 bits per heavy atom. The van der Waals surface area contributed by atoms with Crippen molar-refractivity contribution < 1.29 is 0 Å². The molecule has 0 saturated carbocycles.